The van der Waals surface area contributed by atoms with E-state index in [1.165, 1.54) is 12.1 Å². The van der Waals surface area contributed by atoms with Crippen molar-refractivity contribution >= 4 is 28.1 Å². The Kier molecular flexibility index (Phi) is 4.60. The van der Waals surface area contributed by atoms with Crippen molar-refractivity contribution < 1.29 is 9.85 Å². The standard InChI is InChI=1S/C20H18N4O4/c25-23(26)15-9-10-17-16(13-15)18(14-7-3-1-4-8-14)19(24(27)28)20(21-17)22-11-5-2-6-12-22/h1,3-4,7-10,13H,2,5-6,11-12H2. The van der Waals surface area contributed by atoms with Crippen molar-refractivity contribution in [2.45, 2.75) is 19.3 Å². The van der Waals surface area contributed by atoms with Gasteiger partial charge in [-0.05, 0) is 30.9 Å². The molecular weight excluding hydrogens is 360 g/mol. The van der Waals surface area contributed by atoms with E-state index in [0.29, 0.717) is 40.9 Å². The Morgan fingerprint density at radius 3 is 2.25 bits per heavy atom. The van der Waals surface area contributed by atoms with E-state index < -0.39 is 9.85 Å². The number of hydrogen-bond acceptors (Lipinski definition) is 6. The Hall–Kier alpha value is -3.55. The van der Waals surface area contributed by atoms with E-state index in [-0.39, 0.29) is 11.4 Å². The van der Waals surface area contributed by atoms with Gasteiger partial charge >= 0.3 is 5.69 Å². The maximum Gasteiger partial charge on any atom is 0.319 e. The van der Waals surface area contributed by atoms with Crippen molar-refractivity contribution in [2.24, 2.45) is 0 Å². The van der Waals surface area contributed by atoms with Crippen molar-refractivity contribution in [2.75, 3.05) is 18.0 Å². The zero-order chi connectivity index (χ0) is 19.7. The van der Waals surface area contributed by atoms with Crippen LogP contribution in [0.5, 0.6) is 0 Å². The molecule has 0 spiro atoms. The number of pyridine rings is 1. The second-order valence-corrected chi connectivity index (χ2v) is 6.79. The summed E-state index contributed by atoms with van der Waals surface area (Å²) < 4.78 is 0. The molecule has 28 heavy (non-hydrogen) atoms. The van der Waals surface area contributed by atoms with Crippen LogP contribution in [-0.4, -0.2) is 27.9 Å². The number of aromatic nitrogens is 1. The van der Waals surface area contributed by atoms with Gasteiger partial charge in [0.2, 0.25) is 5.82 Å². The molecule has 0 radical (unpaired) electrons. The summed E-state index contributed by atoms with van der Waals surface area (Å²) in [6.45, 7) is 1.42. The molecule has 8 nitrogen and oxygen atoms in total. The molecule has 1 aliphatic heterocycles. The number of hydrogen-bond donors (Lipinski definition) is 0. The zero-order valence-corrected chi connectivity index (χ0v) is 15.1. The van der Waals surface area contributed by atoms with E-state index in [2.05, 4.69) is 4.98 Å². The van der Waals surface area contributed by atoms with Gasteiger partial charge in [0, 0.05) is 30.6 Å². The summed E-state index contributed by atoms with van der Waals surface area (Å²) in [5.74, 6) is 0.338. The smallest absolute Gasteiger partial charge is 0.319 e. The number of non-ortho nitro benzene ring substituents is 1. The molecule has 8 heteroatoms. The second kappa shape index (κ2) is 7.22. The van der Waals surface area contributed by atoms with Crippen LogP contribution in [0, 0.1) is 20.2 Å². The fourth-order valence-corrected chi connectivity index (χ4v) is 3.74. The van der Waals surface area contributed by atoms with Gasteiger partial charge in [0.1, 0.15) is 0 Å². The van der Waals surface area contributed by atoms with Crippen molar-refractivity contribution in [1.29, 1.82) is 0 Å². The summed E-state index contributed by atoms with van der Waals surface area (Å²) in [5, 5.41) is 23.8. The van der Waals surface area contributed by atoms with Gasteiger partial charge < -0.3 is 4.90 Å². The topological polar surface area (TPSA) is 102 Å². The first-order valence-corrected chi connectivity index (χ1v) is 9.13. The van der Waals surface area contributed by atoms with Gasteiger partial charge in [-0.2, -0.15) is 0 Å². The highest BCUT2D eigenvalue weighted by atomic mass is 16.6. The Labute approximate surface area is 160 Å². The molecule has 0 saturated carbocycles. The average Bonchev–Trinajstić information content (AvgIpc) is 2.73. The van der Waals surface area contributed by atoms with Crippen LogP contribution in [0.4, 0.5) is 17.2 Å². The van der Waals surface area contributed by atoms with Gasteiger partial charge in [-0.3, -0.25) is 20.2 Å². The first-order chi connectivity index (χ1) is 13.6. The number of nitrogens with zero attached hydrogens (tertiary/aromatic N) is 4. The van der Waals surface area contributed by atoms with E-state index in [1.807, 2.05) is 11.0 Å². The number of anilines is 1. The van der Waals surface area contributed by atoms with Crippen LogP contribution in [0.2, 0.25) is 0 Å². The maximum absolute atomic E-state index is 12.1. The van der Waals surface area contributed by atoms with Crippen LogP contribution in [0.25, 0.3) is 22.0 Å². The lowest BCUT2D eigenvalue weighted by atomic mass is 9.98. The van der Waals surface area contributed by atoms with Crippen LogP contribution in [-0.2, 0) is 0 Å². The third-order valence-electron chi connectivity index (χ3n) is 5.04. The first kappa shape index (κ1) is 17.8. The normalized spacial score (nSPS) is 14.2. The third kappa shape index (κ3) is 3.13. The lowest BCUT2D eigenvalue weighted by molar-refractivity contribution is -0.384. The number of fused-ring (bicyclic) bond motifs is 1. The van der Waals surface area contributed by atoms with Gasteiger partial charge in [0.15, 0.2) is 0 Å². The summed E-state index contributed by atoms with van der Waals surface area (Å²) in [6.07, 6.45) is 3.01. The SMILES string of the molecule is O=[N+]([O-])c1ccc2nc(N3CCCCC3)c([N+](=O)[O-])c(-c3ccccc3)c2c1. The molecule has 3 aromatic rings. The predicted molar refractivity (Wildman–Crippen MR) is 107 cm³/mol. The number of nitro groups is 2. The van der Waals surface area contributed by atoms with Gasteiger partial charge in [-0.1, -0.05) is 30.3 Å². The average molecular weight is 378 g/mol. The van der Waals surface area contributed by atoms with Crippen LogP contribution < -0.4 is 4.90 Å². The minimum absolute atomic E-state index is 0.0962. The number of rotatable bonds is 4. The molecule has 0 N–H and O–H groups in total. The van der Waals surface area contributed by atoms with E-state index in [4.69, 9.17) is 0 Å². The summed E-state index contributed by atoms with van der Waals surface area (Å²) >= 11 is 0. The van der Waals surface area contributed by atoms with Crippen molar-refractivity contribution in [3.05, 3.63) is 68.8 Å². The fourth-order valence-electron chi connectivity index (χ4n) is 3.74. The summed E-state index contributed by atoms with van der Waals surface area (Å²) in [5.41, 5.74) is 1.31. The van der Waals surface area contributed by atoms with Crippen LogP contribution in [0.1, 0.15) is 19.3 Å². The van der Waals surface area contributed by atoms with E-state index in [9.17, 15) is 20.2 Å². The molecule has 0 atom stereocenters. The molecule has 1 aromatic heterocycles. The number of piperidine rings is 1. The number of nitro benzene ring substituents is 1. The molecule has 2 heterocycles. The first-order valence-electron chi connectivity index (χ1n) is 9.13. The van der Waals surface area contributed by atoms with Gasteiger partial charge in [-0.25, -0.2) is 4.98 Å². The summed E-state index contributed by atoms with van der Waals surface area (Å²) in [6, 6.07) is 13.3. The largest absolute Gasteiger partial charge is 0.351 e. The highest BCUT2D eigenvalue weighted by Gasteiger charge is 2.30. The Balaban J connectivity index is 2.08. The predicted octanol–water partition coefficient (Wildman–Crippen LogP) is 4.71. The highest BCUT2D eigenvalue weighted by molar-refractivity contribution is 6.03. The van der Waals surface area contributed by atoms with Gasteiger partial charge in [0.25, 0.3) is 5.69 Å². The quantitative estimate of drug-likeness (QED) is 0.481. The van der Waals surface area contributed by atoms with Crippen molar-refractivity contribution in [1.82, 2.24) is 4.98 Å². The van der Waals surface area contributed by atoms with Gasteiger partial charge in [0.05, 0.1) is 20.9 Å². The lowest BCUT2D eigenvalue weighted by Gasteiger charge is -2.28. The Morgan fingerprint density at radius 1 is 0.893 bits per heavy atom. The van der Waals surface area contributed by atoms with Crippen molar-refractivity contribution in [3.63, 3.8) is 0 Å². The van der Waals surface area contributed by atoms with Crippen LogP contribution in [0.3, 0.4) is 0 Å². The summed E-state index contributed by atoms with van der Waals surface area (Å²) in [7, 11) is 0. The number of benzene rings is 2. The Morgan fingerprint density at radius 2 is 1.61 bits per heavy atom. The van der Waals surface area contributed by atoms with E-state index in [0.717, 1.165) is 19.3 Å². The zero-order valence-electron chi connectivity index (χ0n) is 15.1. The third-order valence-corrected chi connectivity index (χ3v) is 5.04. The maximum atomic E-state index is 12.1. The second-order valence-electron chi connectivity index (χ2n) is 6.79. The van der Waals surface area contributed by atoms with Gasteiger partial charge in [-0.15, -0.1) is 0 Å². The minimum atomic E-state index is -0.501. The molecule has 0 amide bonds. The molecule has 1 saturated heterocycles. The monoisotopic (exact) mass is 378 g/mol. The molecule has 0 unspecified atom stereocenters. The molecular formula is C20H18N4O4. The van der Waals surface area contributed by atoms with Crippen LogP contribution >= 0.6 is 0 Å². The lowest BCUT2D eigenvalue weighted by Crippen LogP contribution is -2.31. The highest BCUT2D eigenvalue weighted by Crippen LogP contribution is 2.43. The van der Waals surface area contributed by atoms with Crippen molar-refractivity contribution in [3.8, 4) is 11.1 Å². The fraction of sp³-hybridized carbons (Fsp3) is 0.250. The van der Waals surface area contributed by atoms with E-state index >= 15 is 0 Å². The van der Waals surface area contributed by atoms with E-state index in [1.54, 1.807) is 30.3 Å². The molecule has 1 aliphatic rings. The summed E-state index contributed by atoms with van der Waals surface area (Å²) in [4.78, 5) is 29.0. The molecule has 142 valence electrons. The molecule has 2 aromatic carbocycles. The van der Waals surface area contributed by atoms with Crippen LogP contribution in [0.15, 0.2) is 48.5 Å². The molecule has 0 bridgehead atoms. The molecule has 4 rings (SSSR count). The Bertz CT molecular complexity index is 1060. The minimum Gasteiger partial charge on any atom is -0.351 e. The molecule has 0 aliphatic carbocycles. The molecule has 1 fully saturated rings.